The summed E-state index contributed by atoms with van der Waals surface area (Å²) in [4.78, 5) is 27.5. The van der Waals surface area contributed by atoms with Gasteiger partial charge in [-0.25, -0.2) is 4.98 Å². The predicted octanol–water partition coefficient (Wildman–Crippen LogP) is 4.66. The molecule has 29 heavy (non-hydrogen) atoms. The summed E-state index contributed by atoms with van der Waals surface area (Å²) in [6.45, 7) is 0. The molecule has 1 aromatic heterocycles. The number of methoxy groups -OCH3 is 1. The van der Waals surface area contributed by atoms with Crippen LogP contribution in [0.15, 0.2) is 71.1 Å². The van der Waals surface area contributed by atoms with Crippen molar-refractivity contribution < 1.29 is 18.9 Å². The first-order chi connectivity index (χ1) is 14.0. The van der Waals surface area contributed by atoms with Crippen LogP contribution in [0.5, 0.6) is 5.75 Å². The molecule has 0 aliphatic heterocycles. The number of rotatable bonds is 5. The Labute approximate surface area is 164 Å². The van der Waals surface area contributed by atoms with Gasteiger partial charge in [0.1, 0.15) is 16.8 Å². The molecule has 8 nitrogen and oxygen atoms in total. The molecule has 0 saturated heterocycles. The molecule has 0 saturated carbocycles. The number of oxazole rings is 1. The number of carbonyl (C=O) groups excluding carboxylic acids is 1. The molecule has 0 atom stereocenters. The van der Waals surface area contributed by atoms with Gasteiger partial charge < -0.3 is 14.5 Å². The number of nitro groups is 1. The molecular formula is C21H15N3O5. The van der Waals surface area contributed by atoms with Gasteiger partial charge in [0.05, 0.1) is 12.0 Å². The fraction of sp³-hybridized carbons (Fsp3) is 0.0476. The van der Waals surface area contributed by atoms with E-state index in [0.717, 1.165) is 5.56 Å². The number of nitrogens with one attached hydrogen (secondary N) is 1. The van der Waals surface area contributed by atoms with Crippen molar-refractivity contribution in [1.29, 1.82) is 0 Å². The van der Waals surface area contributed by atoms with E-state index in [1.165, 1.54) is 18.2 Å². The molecule has 4 rings (SSSR count). The highest BCUT2D eigenvalue weighted by atomic mass is 16.6. The third kappa shape index (κ3) is 3.63. The van der Waals surface area contributed by atoms with Gasteiger partial charge >= 0.3 is 0 Å². The van der Waals surface area contributed by atoms with E-state index < -0.39 is 10.8 Å². The lowest BCUT2D eigenvalue weighted by molar-refractivity contribution is -0.385. The SMILES string of the molecule is COc1cccc(-c2nc3cc(NC(=O)c4ccccc4[N+](=O)[O-])ccc3o2)c1. The minimum atomic E-state index is -0.587. The quantitative estimate of drug-likeness (QED) is 0.393. The van der Waals surface area contributed by atoms with Crippen LogP contribution in [0.3, 0.4) is 0 Å². The first-order valence-corrected chi connectivity index (χ1v) is 8.65. The third-order valence-corrected chi connectivity index (χ3v) is 4.31. The first kappa shape index (κ1) is 18.2. The van der Waals surface area contributed by atoms with Gasteiger partial charge in [0.15, 0.2) is 5.58 Å². The van der Waals surface area contributed by atoms with E-state index >= 15 is 0 Å². The summed E-state index contributed by atoms with van der Waals surface area (Å²) < 4.78 is 11.0. The van der Waals surface area contributed by atoms with E-state index in [9.17, 15) is 14.9 Å². The van der Waals surface area contributed by atoms with Crippen molar-refractivity contribution in [2.45, 2.75) is 0 Å². The van der Waals surface area contributed by atoms with Crippen LogP contribution in [0, 0.1) is 10.1 Å². The number of nitrogens with zero attached hydrogens (tertiary/aromatic N) is 2. The number of ether oxygens (including phenoxy) is 1. The zero-order valence-electron chi connectivity index (χ0n) is 15.3. The number of benzene rings is 3. The van der Waals surface area contributed by atoms with Crippen LogP contribution in [-0.4, -0.2) is 22.9 Å². The Morgan fingerprint density at radius 3 is 2.72 bits per heavy atom. The summed E-state index contributed by atoms with van der Waals surface area (Å²) in [5.41, 5.74) is 2.02. The van der Waals surface area contributed by atoms with Gasteiger partial charge in [-0.1, -0.05) is 18.2 Å². The van der Waals surface area contributed by atoms with Crippen LogP contribution in [0.2, 0.25) is 0 Å². The second kappa shape index (κ2) is 7.43. The third-order valence-electron chi connectivity index (χ3n) is 4.31. The topological polar surface area (TPSA) is 108 Å². The molecular weight excluding hydrogens is 374 g/mol. The van der Waals surface area contributed by atoms with Crippen LogP contribution in [0.4, 0.5) is 11.4 Å². The molecule has 8 heteroatoms. The van der Waals surface area contributed by atoms with Gasteiger partial charge in [-0.2, -0.15) is 0 Å². The molecule has 144 valence electrons. The smallest absolute Gasteiger partial charge is 0.282 e. The number of hydrogen-bond acceptors (Lipinski definition) is 6. The maximum atomic E-state index is 12.5. The largest absolute Gasteiger partial charge is 0.497 e. The highest BCUT2D eigenvalue weighted by Gasteiger charge is 2.19. The van der Waals surface area contributed by atoms with Crippen molar-refractivity contribution in [3.8, 4) is 17.2 Å². The Balaban J connectivity index is 1.63. The fourth-order valence-corrected chi connectivity index (χ4v) is 2.91. The Bertz CT molecular complexity index is 1230. The van der Waals surface area contributed by atoms with Gasteiger partial charge in [0.25, 0.3) is 11.6 Å². The summed E-state index contributed by atoms with van der Waals surface area (Å²) in [6.07, 6.45) is 0. The minimum absolute atomic E-state index is 0.0187. The van der Waals surface area contributed by atoms with Crippen molar-refractivity contribution in [3.05, 3.63) is 82.4 Å². The van der Waals surface area contributed by atoms with Gasteiger partial charge in [-0.05, 0) is 42.5 Å². The Morgan fingerprint density at radius 1 is 1.10 bits per heavy atom. The lowest BCUT2D eigenvalue weighted by Crippen LogP contribution is -2.13. The van der Waals surface area contributed by atoms with Crippen molar-refractivity contribution in [2.75, 3.05) is 12.4 Å². The Morgan fingerprint density at radius 2 is 1.93 bits per heavy atom. The summed E-state index contributed by atoms with van der Waals surface area (Å²) in [5, 5.41) is 13.8. The van der Waals surface area contributed by atoms with Gasteiger partial charge in [0.2, 0.25) is 5.89 Å². The molecule has 0 bridgehead atoms. The van der Waals surface area contributed by atoms with E-state index in [-0.39, 0.29) is 11.3 Å². The van der Waals surface area contributed by atoms with Gasteiger partial charge in [-0.15, -0.1) is 0 Å². The normalized spacial score (nSPS) is 10.7. The van der Waals surface area contributed by atoms with E-state index in [4.69, 9.17) is 9.15 Å². The molecule has 1 amide bonds. The molecule has 3 aromatic carbocycles. The second-order valence-electron chi connectivity index (χ2n) is 6.16. The van der Waals surface area contributed by atoms with E-state index in [1.807, 2.05) is 24.3 Å². The van der Waals surface area contributed by atoms with Crippen molar-refractivity contribution in [2.24, 2.45) is 0 Å². The number of fused-ring (bicyclic) bond motifs is 1. The number of hydrogen-bond donors (Lipinski definition) is 1. The van der Waals surface area contributed by atoms with Crippen LogP contribution in [0.25, 0.3) is 22.6 Å². The molecule has 0 aliphatic carbocycles. The average molecular weight is 389 g/mol. The highest BCUT2D eigenvalue weighted by molar-refractivity contribution is 6.07. The minimum Gasteiger partial charge on any atom is -0.497 e. The van der Waals surface area contributed by atoms with Crippen LogP contribution in [-0.2, 0) is 0 Å². The maximum Gasteiger partial charge on any atom is 0.282 e. The molecule has 0 fully saturated rings. The highest BCUT2D eigenvalue weighted by Crippen LogP contribution is 2.28. The molecule has 0 unspecified atom stereocenters. The summed E-state index contributed by atoms with van der Waals surface area (Å²) >= 11 is 0. The zero-order chi connectivity index (χ0) is 20.4. The van der Waals surface area contributed by atoms with E-state index in [2.05, 4.69) is 10.3 Å². The van der Waals surface area contributed by atoms with Crippen LogP contribution in [0.1, 0.15) is 10.4 Å². The number of amides is 1. The second-order valence-corrected chi connectivity index (χ2v) is 6.16. The Hall–Kier alpha value is -4.20. The number of anilines is 1. The van der Waals surface area contributed by atoms with Crippen LogP contribution >= 0.6 is 0 Å². The monoisotopic (exact) mass is 389 g/mol. The fourth-order valence-electron chi connectivity index (χ4n) is 2.91. The summed E-state index contributed by atoms with van der Waals surface area (Å²) in [5.74, 6) is 0.524. The number of carbonyl (C=O) groups is 1. The molecule has 0 spiro atoms. The van der Waals surface area contributed by atoms with Crippen LogP contribution < -0.4 is 10.1 Å². The first-order valence-electron chi connectivity index (χ1n) is 8.65. The molecule has 0 radical (unpaired) electrons. The Kier molecular flexibility index (Phi) is 4.66. The molecule has 0 aliphatic rings. The predicted molar refractivity (Wildman–Crippen MR) is 107 cm³/mol. The average Bonchev–Trinajstić information content (AvgIpc) is 3.17. The molecule has 1 heterocycles. The zero-order valence-corrected chi connectivity index (χ0v) is 15.3. The van der Waals surface area contributed by atoms with Gasteiger partial charge in [-0.3, -0.25) is 14.9 Å². The maximum absolute atomic E-state index is 12.5. The van der Waals surface area contributed by atoms with Crippen molar-refractivity contribution in [3.63, 3.8) is 0 Å². The number of aromatic nitrogens is 1. The molecule has 1 N–H and O–H groups in total. The number of nitro benzene ring substituents is 1. The lowest BCUT2D eigenvalue weighted by atomic mass is 10.1. The summed E-state index contributed by atoms with van der Waals surface area (Å²) in [6, 6.07) is 18.1. The van der Waals surface area contributed by atoms with Crippen molar-refractivity contribution in [1.82, 2.24) is 4.98 Å². The number of para-hydroxylation sites is 1. The standard InChI is InChI=1S/C21H15N3O5/c1-28-15-6-4-5-13(11-15)21-23-17-12-14(9-10-19(17)29-21)22-20(25)16-7-2-3-8-18(16)24(26)27/h2-12H,1H3,(H,22,25). The van der Waals surface area contributed by atoms with E-state index in [0.29, 0.717) is 28.4 Å². The van der Waals surface area contributed by atoms with E-state index in [1.54, 1.807) is 31.4 Å². The molecule has 4 aromatic rings. The van der Waals surface area contributed by atoms with Crippen molar-refractivity contribution >= 4 is 28.4 Å². The lowest BCUT2D eigenvalue weighted by Gasteiger charge is -2.05. The van der Waals surface area contributed by atoms with Gasteiger partial charge in [0, 0.05) is 17.3 Å². The summed E-state index contributed by atoms with van der Waals surface area (Å²) in [7, 11) is 1.58.